The molecule has 0 aliphatic rings. The first-order chi connectivity index (χ1) is 8.24. The number of para-hydroxylation sites is 1. The van der Waals surface area contributed by atoms with Crippen molar-refractivity contribution in [2.45, 2.75) is 26.3 Å². The smallest absolute Gasteiger partial charge is 0.134 e. The van der Waals surface area contributed by atoms with Crippen LogP contribution in [-0.4, -0.2) is 6.54 Å². The topological polar surface area (TPSA) is 25.2 Å². The highest BCUT2D eigenvalue weighted by Crippen LogP contribution is 2.28. The molecule has 0 aliphatic heterocycles. The van der Waals surface area contributed by atoms with Gasteiger partial charge >= 0.3 is 0 Å². The fourth-order valence-corrected chi connectivity index (χ4v) is 2.06. The normalized spacial score (nSPS) is 12.5. The highest BCUT2D eigenvalue weighted by atomic mass is 16.3. The van der Waals surface area contributed by atoms with Crippen molar-refractivity contribution in [3.63, 3.8) is 0 Å². The van der Waals surface area contributed by atoms with E-state index in [1.165, 1.54) is 10.9 Å². The van der Waals surface area contributed by atoms with Gasteiger partial charge in [0.1, 0.15) is 11.3 Å². The van der Waals surface area contributed by atoms with Crippen LogP contribution in [0.1, 0.15) is 30.7 Å². The first kappa shape index (κ1) is 11.8. The molecule has 2 aromatic rings. The number of nitrogens with one attached hydrogen (secondary N) is 1. The number of terminal acetylenes is 1. The van der Waals surface area contributed by atoms with Gasteiger partial charge in [0.2, 0.25) is 0 Å². The largest absolute Gasteiger partial charge is 0.459 e. The summed E-state index contributed by atoms with van der Waals surface area (Å²) in [6.07, 6.45) is 5.97. The number of fused-ring (bicyclic) bond motifs is 1. The van der Waals surface area contributed by atoms with Crippen LogP contribution in [0.3, 0.4) is 0 Å². The number of rotatable bonds is 4. The van der Waals surface area contributed by atoms with Gasteiger partial charge in [-0.15, -0.1) is 12.3 Å². The average Bonchev–Trinajstić information content (AvgIpc) is 2.68. The van der Waals surface area contributed by atoms with Crippen LogP contribution in [0.25, 0.3) is 11.0 Å². The van der Waals surface area contributed by atoms with Crippen LogP contribution in [0.5, 0.6) is 0 Å². The van der Waals surface area contributed by atoms with E-state index in [4.69, 9.17) is 10.8 Å². The molecule has 1 aromatic carbocycles. The molecule has 0 saturated carbocycles. The minimum atomic E-state index is 0.191. The lowest BCUT2D eigenvalue weighted by molar-refractivity contribution is 0.452. The summed E-state index contributed by atoms with van der Waals surface area (Å²) in [6, 6.07) is 8.30. The van der Waals surface area contributed by atoms with Crippen molar-refractivity contribution < 1.29 is 4.42 Å². The van der Waals surface area contributed by atoms with Gasteiger partial charge in [-0.25, -0.2) is 0 Å². The van der Waals surface area contributed by atoms with Gasteiger partial charge in [0, 0.05) is 18.4 Å². The zero-order valence-corrected chi connectivity index (χ0v) is 10.3. The van der Waals surface area contributed by atoms with Crippen LogP contribution in [0.15, 0.2) is 28.7 Å². The number of hydrogen-bond donors (Lipinski definition) is 1. The van der Waals surface area contributed by atoms with E-state index in [2.05, 4.69) is 31.2 Å². The molecule has 1 N–H and O–H groups in total. The Kier molecular flexibility index (Phi) is 3.51. The highest BCUT2D eigenvalue weighted by Gasteiger charge is 2.15. The summed E-state index contributed by atoms with van der Waals surface area (Å²) >= 11 is 0. The van der Waals surface area contributed by atoms with Crippen molar-refractivity contribution >= 4 is 11.0 Å². The van der Waals surface area contributed by atoms with E-state index in [-0.39, 0.29) is 6.04 Å². The molecule has 1 unspecified atom stereocenters. The lowest BCUT2D eigenvalue weighted by atomic mass is 10.1. The molecule has 88 valence electrons. The maximum atomic E-state index is 5.88. The second-order valence-corrected chi connectivity index (χ2v) is 4.22. The summed E-state index contributed by atoms with van der Waals surface area (Å²) in [7, 11) is 0. The van der Waals surface area contributed by atoms with Gasteiger partial charge < -0.3 is 9.73 Å². The number of aryl methyl sites for hydroxylation is 1. The van der Waals surface area contributed by atoms with Gasteiger partial charge in [0.25, 0.3) is 0 Å². The average molecular weight is 227 g/mol. The molecule has 2 rings (SSSR count). The third-order valence-electron chi connectivity index (χ3n) is 2.99. The van der Waals surface area contributed by atoms with Crippen LogP contribution >= 0.6 is 0 Å². The molecule has 2 nitrogen and oxygen atoms in total. The van der Waals surface area contributed by atoms with Crippen LogP contribution in [-0.2, 0) is 0 Å². The van der Waals surface area contributed by atoms with Crippen LogP contribution < -0.4 is 5.32 Å². The Labute approximate surface area is 102 Å². The van der Waals surface area contributed by atoms with Crippen LogP contribution in [0.4, 0.5) is 0 Å². The van der Waals surface area contributed by atoms with E-state index in [9.17, 15) is 0 Å². The lowest BCUT2D eigenvalue weighted by Gasteiger charge is -2.10. The Morgan fingerprint density at radius 2 is 2.18 bits per heavy atom. The molecule has 1 aromatic heterocycles. The minimum Gasteiger partial charge on any atom is -0.459 e. The molecule has 1 heterocycles. The quantitative estimate of drug-likeness (QED) is 0.639. The van der Waals surface area contributed by atoms with E-state index in [0.29, 0.717) is 0 Å². The summed E-state index contributed by atoms with van der Waals surface area (Å²) < 4.78 is 5.88. The minimum absolute atomic E-state index is 0.191. The number of benzene rings is 1. The van der Waals surface area contributed by atoms with E-state index in [1.54, 1.807) is 0 Å². The van der Waals surface area contributed by atoms with Crippen molar-refractivity contribution in [3.8, 4) is 12.3 Å². The summed E-state index contributed by atoms with van der Waals surface area (Å²) in [5.74, 6) is 3.63. The van der Waals surface area contributed by atoms with Crippen molar-refractivity contribution in [1.82, 2.24) is 5.32 Å². The number of hydrogen-bond acceptors (Lipinski definition) is 2. The van der Waals surface area contributed by atoms with E-state index in [1.807, 2.05) is 18.2 Å². The Morgan fingerprint density at radius 1 is 1.41 bits per heavy atom. The Balaban J connectivity index is 2.23. The SMILES string of the molecule is C#CCCNC(C)c1oc2ccccc2c1C. The fourth-order valence-electron chi connectivity index (χ4n) is 2.06. The van der Waals surface area contributed by atoms with Crippen molar-refractivity contribution in [1.29, 1.82) is 0 Å². The zero-order chi connectivity index (χ0) is 12.3. The molecule has 0 spiro atoms. The van der Waals surface area contributed by atoms with Crippen molar-refractivity contribution in [2.75, 3.05) is 6.54 Å². The molecular formula is C15H17NO. The zero-order valence-electron chi connectivity index (χ0n) is 10.3. The molecule has 0 amide bonds. The summed E-state index contributed by atoms with van der Waals surface area (Å²) in [6.45, 7) is 5.01. The Morgan fingerprint density at radius 3 is 2.88 bits per heavy atom. The maximum Gasteiger partial charge on any atom is 0.134 e. The molecule has 17 heavy (non-hydrogen) atoms. The molecule has 0 radical (unpaired) electrons. The summed E-state index contributed by atoms with van der Waals surface area (Å²) in [4.78, 5) is 0. The second kappa shape index (κ2) is 5.07. The maximum absolute atomic E-state index is 5.88. The van der Waals surface area contributed by atoms with Crippen LogP contribution in [0.2, 0.25) is 0 Å². The summed E-state index contributed by atoms with van der Waals surface area (Å²) in [5, 5.41) is 4.55. The van der Waals surface area contributed by atoms with Gasteiger partial charge in [-0.05, 0) is 25.5 Å². The first-order valence-corrected chi connectivity index (χ1v) is 5.89. The Hall–Kier alpha value is -1.72. The number of furan rings is 1. The lowest BCUT2D eigenvalue weighted by Crippen LogP contribution is -2.19. The molecule has 0 aliphatic carbocycles. The van der Waals surface area contributed by atoms with E-state index < -0.39 is 0 Å². The molecule has 2 heteroatoms. The van der Waals surface area contributed by atoms with Gasteiger partial charge in [-0.2, -0.15) is 0 Å². The summed E-state index contributed by atoms with van der Waals surface area (Å²) in [5.41, 5.74) is 2.16. The molecule has 0 bridgehead atoms. The predicted molar refractivity (Wildman–Crippen MR) is 70.8 cm³/mol. The van der Waals surface area contributed by atoms with Gasteiger partial charge in [-0.1, -0.05) is 18.2 Å². The fraction of sp³-hybridized carbons (Fsp3) is 0.333. The third kappa shape index (κ3) is 2.35. The molecule has 0 fully saturated rings. The van der Waals surface area contributed by atoms with Crippen molar-refractivity contribution in [2.24, 2.45) is 0 Å². The molecule has 0 saturated heterocycles. The van der Waals surface area contributed by atoms with E-state index in [0.717, 1.165) is 24.3 Å². The molecular weight excluding hydrogens is 210 g/mol. The van der Waals surface area contributed by atoms with Gasteiger partial charge in [-0.3, -0.25) is 0 Å². The van der Waals surface area contributed by atoms with Crippen molar-refractivity contribution in [3.05, 3.63) is 35.6 Å². The monoisotopic (exact) mass is 227 g/mol. The first-order valence-electron chi connectivity index (χ1n) is 5.89. The Bertz CT molecular complexity index is 548. The second-order valence-electron chi connectivity index (χ2n) is 4.22. The molecule has 1 atom stereocenters. The van der Waals surface area contributed by atoms with E-state index >= 15 is 0 Å². The standard InChI is InChI=1S/C15H17NO/c1-4-5-10-16-12(3)15-11(2)13-8-6-7-9-14(13)17-15/h1,6-9,12,16H,5,10H2,2-3H3. The van der Waals surface area contributed by atoms with Gasteiger partial charge in [0.05, 0.1) is 6.04 Å². The predicted octanol–water partition coefficient (Wildman–Crippen LogP) is 3.42. The highest BCUT2D eigenvalue weighted by molar-refractivity contribution is 5.82. The third-order valence-corrected chi connectivity index (χ3v) is 2.99. The van der Waals surface area contributed by atoms with Gasteiger partial charge in [0.15, 0.2) is 0 Å². The van der Waals surface area contributed by atoms with Crippen LogP contribution in [0, 0.1) is 19.3 Å².